The van der Waals surface area contributed by atoms with Crippen LogP contribution in [0.1, 0.15) is 44.8 Å². The predicted octanol–water partition coefficient (Wildman–Crippen LogP) is 2.57. The number of ether oxygens (including phenoxy) is 2. The second kappa shape index (κ2) is 8.89. The highest BCUT2D eigenvalue weighted by molar-refractivity contribution is 5.79. The van der Waals surface area contributed by atoms with Gasteiger partial charge >= 0.3 is 0 Å². The number of hydrogen-bond acceptors (Lipinski definition) is 5. The third-order valence-electron chi connectivity index (χ3n) is 4.09. The van der Waals surface area contributed by atoms with E-state index >= 15 is 0 Å². The lowest BCUT2D eigenvalue weighted by Crippen LogP contribution is -2.35. The number of aliphatic hydroxyl groups is 1. The maximum atomic E-state index is 11.3. The van der Waals surface area contributed by atoms with Crippen molar-refractivity contribution in [1.29, 1.82) is 0 Å². The van der Waals surface area contributed by atoms with Crippen molar-refractivity contribution in [3.63, 3.8) is 0 Å². The fraction of sp³-hybridized carbons (Fsp3) is 0.611. The molecule has 0 amide bonds. The van der Waals surface area contributed by atoms with Crippen molar-refractivity contribution < 1.29 is 19.4 Å². The van der Waals surface area contributed by atoms with Crippen molar-refractivity contribution in [2.75, 3.05) is 32.8 Å². The van der Waals surface area contributed by atoms with E-state index in [1.54, 1.807) is 0 Å². The zero-order chi connectivity index (χ0) is 16.7. The molecule has 1 aromatic carbocycles. The minimum absolute atomic E-state index is 0.340. The van der Waals surface area contributed by atoms with Crippen LogP contribution in [0.25, 0.3) is 0 Å². The maximum absolute atomic E-state index is 11.3. The van der Waals surface area contributed by atoms with Gasteiger partial charge in [0.05, 0.1) is 19.3 Å². The summed E-state index contributed by atoms with van der Waals surface area (Å²) in [5, 5.41) is 10.5. The van der Waals surface area contributed by atoms with Gasteiger partial charge < -0.3 is 19.5 Å². The molecule has 0 aliphatic carbocycles. The molecule has 23 heavy (non-hydrogen) atoms. The second-order valence-electron chi connectivity index (χ2n) is 5.75. The molecule has 5 heteroatoms. The highest BCUT2D eigenvalue weighted by atomic mass is 16.5. The molecule has 1 N–H and O–H groups in total. The zero-order valence-electron chi connectivity index (χ0n) is 14.1. The van der Waals surface area contributed by atoms with E-state index < -0.39 is 6.10 Å². The van der Waals surface area contributed by atoms with Gasteiger partial charge in [-0.05, 0) is 32.4 Å². The number of aliphatic hydroxyl groups excluding tert-OH is 1. The minimum atomic E-state index is -0.579. The lowest BCUT2D eigenvalue weighted by molar-refractivity contribution is -0.121. The molecule has 1 aliphatic rings. The molecule has 1 heterocycles. The quantitative estimate of drug-likeness (QED) is 0.797. The number of benzene rings is 1. The topological polar surface area (TPSA) is 59.0 Å². The molecule has 0 saturated carbocycles. The van der Waals surface area contributed by atoms with Crippen molar-refractivity contribution in [2.45, 2.75) is 39.2 Å². The summed E-state index contributed by atoms with van der Waals surface area (Å²) in [6, 6.07) is 5.58. The molecule has 1 saturated heterocycles. The first kappa shape index (κ1) is 17.8. The van der Waals surface area contributed by atoms with E-state index in [1.165, 1.54) is 0 Å². The van der Waals surface area contributed by atoms with Gasteiger partial charge in [-0.25, -0.2) is 0 Å². The Morgan fingerprint density at radius 2 is 1.87 bits per heavy atom. The first-order valence-electron chi connectivity index (χ1n) is 8.45. The number of likely N-dealkylation sites (tertiary alicyclic amines) is 1. The Morgan fingerprint density at radius 3 is 2.52 bits per heavy atom. The van der Waals surface area contributed by atoms with Crippen LogP contribution in [-0.2, 0) is 4.79 Å². The number of ketones is 1. The maximum Gasteiger partial charge on any atom is 0.135 e. The summed E-state index contributed by atoms with van der Waals surface area (Å²) in [6.45, 7) is 7.39. The molecule has 1 fully saturated rings. The lowest BCUT2D eigenvalue weighted by atomic mass is 10.0. The van der Waals surface area contributed by atoms with E-state index in [-0.39, 0.29) is 0 Å². The van der Waals surface area contributed by atoms with Crippen molar-refractivity contribution in [3.05, 3.63) is 23.8 Å². The van der Waals surface area contributed by atoms with Crippen LogP contribution in [0.3, 0.4) is 0 Å². The Hall–Kier alpha value is -1.59. The number of hydrogen-bond donors (Lipinski definition) is 1. The summed E-state index contributed by atoms with van der Waals surface area (Å²) in [4.78, 5) is 13.5. The van der Waals surface area contributed by atoms with Gasteiger partial charge in [0.15, 0.2) is 0 Å². The van der Waals surface area contributed by atoms with Crippen molar-refractivity contribution in [3.8, 4) is 11.5 Å². The number of piperidine rings is 1. The third kappa shape index (κ3) is 5.22. The van der Waals surface area contributed by atoms with Crippen molar-refractivity contribution in [1.82, 2.24) is 4.90 Å². The normalized spacial score (nSPS) is 17.1. The molecule has 0 radical (unpaired) electrons. The van der Waals surface area contributed by atoms with Crippen LogP contribution < -0.4 is 9.47 Å². The van der Waals surface area contributed by atoms with E-state index in [9.17, 15) is 9.90 Å². The molecule has 1 aromatic rings. The van der Waals surface area contributed by atoms with Gasteiger partial charge in [0.1, 0.15) is 17.3 Å². The number of carbonyl (C=O) groups excluding carboxylic acids is 1. The minimum Gasteiger partial charge on any atom is -0.494 e. The van der Waals surface area contributed by atoms with Gasteiger partial charge in [-0.1, -0.05) is 0 Å². The molecular formula is C18H27NO4. The highest BCUT2D eigenvalue weighted by Crippen LogP contribution is 2.31. The van der Waals surface area contributed by atoms with Gasteiger partial charge in [-0.15, -0.1) is 0 Å². The van der Waals surface area contributed by atoms with Crippen molar-refractivity contribution in [2.24, 2.45) is 0 Å². The summed E-state index contributed by atoms with van der Waals surface area (Å²) in [7, 11) is 0. The molecule has 5 nitrogen and oxygen atoms in total. The average Bonchev–Trinajstić information content (AvgIpc) is 2.55. The Labute approximate surface area is 138 Å². The molecule has 2 rings (SSSR count). The summed E-state index contributed by atoms with van der Waals surface area (Å²) >= 11 is 0. The van der Waals surface area contributed by atoms with Crippen LogP contribution in [0.5, 0.6) is 11.5 Å². The Balaban J connectivity index is 1.97. The molecule has 1 atom stereocenters. The molecule has 1 unspecified atom stereocenters. The first-order valence-corrected chi connectivity index (χ1v) is 8.45. The van der Waals surface area contributed by atoms with Gasteiger partial charge in [0.25, 0.3) is 0 Å². The van der Waals surface area contributed by atoms with Crippen LogP contribution in [0.2, 0.25) is 0 Å². The molecule has 1 aliphatic heterocycles. The molecule has 0 spiro atoms. The smallest absolute Gasteiger partial charge is 0.135 e. The summed E-state index contributed by atoms with van der Waals surface area (Å²) < 4.78 is 11.1. The zero-order valence-corrected chi connectivity index (χ0v) is 14.1. The molecular weight excluding hydrogens is 294 g/mol. The van der Waals surface area contributed by atoms with Gasteiger partial charge in [0.2, 0.25) is 0 Å². The van der Waals surface area contributed by atoms with Crippen LogP contribution >= 0.6 is 0 Å². The fourth-order valence-corrected chi connectivity index (χ4v) is 2.81. The van der Waals surface area contributed by atoms with E-state index in [1.807, 2.05) is 32.0 Å². The van der Waals surface area contributed by atoms with Crippen molar-refractivity contribution >= 4 is 5.78 Å². The number of carbonyl (C=O) groups is 1. The fourth-order valence-electron chi connectivity index (χ4n) is 2.81. The SMILES string of the molecule is CCOc1ccc(C(O)CCN2CCC(=O)CC2)c(OCC)c1. The van der Waals surface area contributed by atoms with E-state index in [4.69, 9.17) is 9.47 Å². The van der Waals surface area contributed by atoms with E-state index in [2.05, 4.69) is 4.90 Å². The van der Waals surface area contributed by atoms with Crippen LogP contribution in [0.15, 0.2) is 18.2 Å². The standard InChI is InChI=1S/C18H27NO4/c1-3-22-15-5-6-16(18(13-15)23-4-2)17(21)9-12-19-10-7-14(20)8-11-19/h5-6,13,17,21H,3-4,7-12H2,1-2H3. The monoisotopic (exact) mass is 321 g/mol. The van der Waals surface area contributed by atoms with Gasteiger partial charge in [0, 0.05) is 44.1 Å². The van der Waals surface area contributed by atoms with Crippen LogP contribution in [0.4, 0.5) is 0 Å². The molecule has 0 bridgehead atoms. The van der Waals surface area contributed by atoms with Gasteiger partial charge in [-0.3, -0.25) is 4.79 Å². The molecule has 0 aromatic heterocycles. The molecule has 128 valence electrons. The summed E-state index contributed by atoms with van der Waals surface area (Å²) in [5.74, 6) is 1.77. The second-order valence-corrected chi connectivity index (χ2v) is 5.75. The number of rotatable bonds is 8. The third-order valence-corrected chi connectivity index (χ3v) is 4.09. The highest BCUT2D eigenvalue weighted by Gasteiger charge is 2.19. The average molecular weight is 321 g/mol. The Morgan fingerprint density at radius 1 is 1.17 bits per heavy atom. The number of nitrogens with zero attached hydrogens (tertiary/aromatic N) is 1. The lowest BCUT2D eigenvalue weighted by Gasteiger charge is -2.27. The predicted molar refractivity (Wildman–Crippen MR) is 89.0 cm³/mol. The summed E-state index contributed by atoms with van der Waals surface area (Å²) in [5.41, 5.74) is 0.795. The van der Waals surface area contributed by atoms with Crippen LogP contribution in [-0.4, -0.2) is 48.6 Å². The Bertz CT molecular complexity index is 508. The largest absolute Gasteiger partial charge is 0.494 e. The Kier molecular flexibility index (Phi) is 6.86. The summed E-state index contributed by atoms with van der Waals surface area (Å²) in [6.07, 6.45) is 1.31. The number of Topliss-reactive ketones (excluding diaryl/α,β-unsaturated/α-hetero) is 1. The van der Waals surface area contributed by atoms with E-state index in [0.717, 1.165) is 30.9 Å². The van der Waals surface area contributed by atoms with Crippen LogP contribution in [0, 0.1) is 0 Å². The van der Waals surface area contributed by atoms with Gasteiger partial charge in [-0.2, -0.15) is 0 Å². The van der Waals surface area contributed by atoms with E-state index in [0.29, 0.717) is 44.0 Å². The first-order chi connectivity index (χ1) is 11.1.